The van der Waals surface area contributed by atoms with Crippen LogP contribution in [0, 0.1) is 12.3 Å². The van der Waals surface area contributed by atoms with Gasteiger partial charge in [-0.2, -0.15) is 0 Å². The highest BCUT2D eigenvalue weighted by Gasteiger charge is 2.57. The number of aromatic nitrogens is 1. The van der Waals surface area contributed by atoms with Crippen molar-refractivity contribution in [3.8, 4) is 5.75 Å². The molecule has 7 aromatic rings. The first kappa shape index (κ1) is 43.8. The second kappa shape index (κ2) is 20.5. The Labute approximate surface area is 368 Å². The number of carbonyl (C=O) groups excluding carboxylic acids is 4. The normalized spacial score (nSPS) is 11.3. The first-order chi connectivity index (χ1) is 30.6. The van der Waals surface area contributed by atoms with E-state index in [1.165, 1.54) is 0 Å². The average Bonchev–Trinajstić information content (AvgIpc) is 3.57. The number of hydrogen-bond donors (Lipinski definition) is 0. The van der Waals surface area contributed by atoms with Crippen LogP contribution in [0.15, 0.2) is 164 Å². The maximum atomic E-state index is 15.2. The molecule has 0 saturated carbocycles. The Hall–Kier alpha value is -7.26. The van der Waals surface area contributed by atoms with Crippen molar-refractivity contribution in [2.75, 3.05) is 0 Å². The molecule has 0 radical (unpaired) electrons. The molecular formula is C54H51NO8. The van der Waals surface area contributed by atoms with Gasteiger partial charge in [0, 0.05) is 29.6 Å². The maximum absolute atomic E-state index is 15.2. The maximum Gasteiger partial charge on any atom is 0.332 e. The largest absolute Gasteiger partial charge is 0.489 e. The van der Waals surface area contributed by atoms with Gasteiger partial charge < -0.3 is 23.5 Å². The Balaban J connectivity index is 1.23. The molecule has 63 heavy (non-hydrogen) atoms. The molecule has 0 aliphatic heterocycles. The van der Waals surface area contributed by atoms with Crippen molar-refractivity contribution in [3.05, 3.63) is 208 Å². The summed E-state index contributed by atoms with van der Waals surface area (Å²) in [4.78, 5) is 58.2. The van der Waals surface area contributed by atoms with E-state index in [9.17, 15) is 14.4 Å². The number of ketones is 1. The van der Waals surface area contributed by atoms with Crippen LogP contribution in [0.2, 0.25) is 0 Å². The van der Waals surface area contributed by atoms with Crippen LogP contribution in [0.25, 0.3) is 10.9 Å². The van der Waals surface area contributed by atoms with Gasteiger partial charge in [-0.3, -0.25) is 19.2 Å². The van der Waals surface area contributed by atoms with Gasteiger partial charge in [-0.1, -0.05) is 166 Å². The zero-order valence-electron chi connectivity index (χ0n) is 35.8. The van der Waals surface area contributed by atoms with Gasteiger partial charge >= 0.3 is 17.9 Å². The second-order valence-corrected chi connectivity index (χ2v) is 15.9. The van der Waals surface area contributed by atoms with E-state index in [0.717, 1.165) is 39.0 Å². The van der Waals surface area contributed by atoms with Gasteiger partial charge in [0.15, 0.2) is 5.78 Å². The van der Waals surface area contributed by atoms with Crippen molar-refractivity contribution in [1.29, 1.82) is 0 Å². The molecule has 0 amide bonds. The van der Waals surface area contributed by atoms with Gasteiger partial charge in [-0.25, -0.2) is 0 Å². The van der Waals surface area contributed by atoms with Crippen molar-refractivity contribution < 1.29 is 38.1 Å². The molecule has 0 atom stereocenters. The summed E-state index contributed by atoms with van der Waals surface area (Å²) in [5.41, 5.74) is 4.66. The number of carbonyl (C=O) groups is 4. The fourth-order valence-corrected chi connectivity index (χ4v) is 7.69. The second-order valence-electron chi connectivity index (χ2n) is 15.9. The van der Waals surface area contributed by atoms with Gasteiger partial charge in [0.2, 0.25) is 5.41 Å². The quantitative estimate of drug-likeness (QED) is 0.0450. The minimum Gasteiger partial charge on any atom is -0.489 e. The number of fused-ring (bicyclic) bond motifs is 1. The number of benzene rings is 6. The van der Waals surface area contributed by atoms with Crippen molar-refractivity contribution in [1.82, 2.24) is 4.57 Å². The zero-order valence-corrected chi connectivity index (χ0v) is 35.8. The number of rotatable bonds is 19. The van der Waals surface area contributed by atoms with E-state index >= 15 is 4.79 Å². The Kier molecular flexibility index (Phi) is 14.3. The summed E-state index contributed by atoms with van der Waals surface area (Å²) in [6.07, 6.45) is -1.30. The average molecular weight is 842 g/mol. The van der Waals surface area contributed by atoms with E-state index in [1.54, 1.807) is 72.8 Å². The fraction of sp³-hybridized carbons (Fsp3) is 0.222. The molecule has 0 fully saturated rings. The Morgan fingerprint density at radius 3 is 1.56 bits per heavy atom. The number of nitrogens with zero attached hydrogens (tertiary/aromatic N) is 1. The third-order valence-electron chi connectivity index (χ3n) is 11.2. The van der Waals surface area contributed by atoms with Gasteiger partial charge in [0.1, 0.15) is 32.2 Å². The fourth-order valence-electron chi connectivity index (χ4n) is 7.69. The molecule has 9 heteroatoms. The number of para-hydroxylation sites is 1. The van der Waals surface area contributed by atoms with Crippen LogP contribution in [0.3, 0.4) is 0 Å². The van der Waals surface area contributed by atoms with Crippen molar-refractivity contribution in [2.24, 2.45) is 5.41 Å². The van der Waals surface area contributed by atoms with Gasteiger partial charge in [0.05, 0.1) is 6.42 Å². The van der Waals surface area contributed by atoms with Crippen LogP contribution in [0.5, 0.6) is 5.75 Å². The number of hydrogen-bond acceptors (Lipinski definition) is 8. The molecule has 320 valence electrons. The monoisotopic (exact) mass is 841 g/mol. The van der Waals surface area contributed by atoms with E-state index in [1.807, 2.05) is 91.9 Å². The third-order valence-corrected chi connectivity index (χ3v) is 11.2. The van der Waals surface area contributed by atoms with Gasteiger partial charge in [-0.05, 0) is 63.9 Å². The molecular weight excluding hydrogens is 791 g/mol. The Bertz CT molecular complexity index is 2600. The van der Waals surface area contributed by atoms with Crippen LogP contribution < -0.4 is 4.74 Å². The Morgan fingerprint density at radius 1 is 0.556 bits per heavy atom. The highest BCUT2D eigenvalue weighted by atomic mass is 16.6. The van der Waals surface area contributed by atoms with Crippen molar-refractivity contribution in [3.63, 3.8) is 0 Å². The molecule has 0 aliphatic rings. The SMILES string of the molecule is Cc1c(CC(=O)C(CC(=O)OCc2ccccc2)(C(=O)OCc2ccccc2)C(=O)OCc2ccccc2)c2ccccc2n1Cc1ccc(OCc2ccccc2)c(C(C)C)c1. The van der Waals surface area contributed by atoms with Gasteiger partial charge in [-0.15, -0.1) is 0 Å². The molecule has 6 aromatic carbocycles. The lowest BCUT2D eigenvalue weighted by Crippen LogP contribution is -2.50. The standard InChI is InChI=1S/C54H51NO8/c1-38(2)46-30-44(28-29-49(46)60-34-40-18-8-4-9-19-40)33-55-39(3)47(45-26-16-17-27-48(45)55)31-50(56)54(52(58)62-36-42-22-12-6-13-23-42,53(59)63-37-43-24-14-7-15-25-43)32-51(57)61-35-41-20-10-5-11-21-41/h4-30,38H,31-37H2,1-3H3. The lowest BCUT2D eigenvalue weighted by atomic mass is 9.77. The highest BCUT2D eigenvalue weighted by Crippen LogP contribution is 2.36. The Morgan fingerprint density at radius 2 is 1.03 bits per heavy atom. The molecule has 0 bridgehead atoms. The van der Waals surface area contributed by atoms with Gasteiger partial charge in [0.25, 0.3) is 0 Å². The molecule has 7 rings (SSSR count). The third kappa shape index (κ3) is 10.6. The number of ether oxygens (including phenoxy) is 4. The molecule has 0 N–H and O–H groups in total. The molecule has 1 aromatic heterocycles. The summed E-state index contributed by atoms with van der Waals surface area (Å²) in [5.74, 6) is -3.16. The minimum absolute atomic E-state index is 0.132. The van der Waals surface area contributed by atoms with Crippen molar-refractivity contribution >= 4 is 34.6 Å². The summed E-state index contributed by atoms with van der Waals surface area (Å²) in [5, 5.41) is 0.770. The lowest BCUT2D eigenvalue weighted by molar-refractivity contribution is -0.181. The summed E-state index contributed by atoms with van der Waals surface area (Å²) in [6, 6.07) is 50.8. The van der Waals surface area contributed by atoms with Crippen LogP contribution in [0.1, 0.15) is 70.8 Å². The van der Waals surface area contributed by atoms with Crippen LogP contribution in [0.4, 0.5) is 0 Å². The van der Waals surface area contributed by atoms with E-state index in [0.29, 0.717) is 35.4 Å². The molecule has 0 unspecified atom stereocenters. The number of esters is 3. The molecule has 9 nitrogen and oxygen atoms in total. The van der Waals surface area contributed by atoms with E-state index in [-0.39, 0.29) is 32.2 Å². The van der Waals surface area contributed by atoms with Crippen LogP contribution >= 0.6 is 0 Å². The number of Topliss-reactive ketones (excluding diaryl/α,β-unsaturated/α-hetero) is 1. The topological polar surface area (TPSA) is 110 Å². The predicted molar refractivity (Wildman–Crippen MR) is 242 cm³/mol. The van der Waals surface area contributed by atoms with E-state index in [2.05, 4.69) is 24.5 Å². The molecule has 0 spiro atoms. The first-order valence-electron chi connectivity index (χ1n) is 21.1. The summed E-state index contributed by atoms with van der Waals surface area (Å²) >= 11 is 0. The lowest BCUT2D eigenvalue weighted by Gasteiger charge is -2.28. The van der Waals surface area contributed by atoms with Crippen LogP contribution in [-0.2, 0) is 72.8 Å². The zero-order chi connectivity index (χ0) is 44.2. The summed E-state index contributed by atoms with van der Waals surface area (Å²) in [7, 11) is 0. The molecule has 0 aliphatic carbocycles. The van der Waals surface area contributed by atoms with Crippen LogP contribution in [-0.4, -0.2) is 28.3 Å². The highest BCUT2D eigenvalue weighted by molar-refractivity contribution is 6.22. The van der Waals surface area contributed by atoms with E-state index < -0.39 is 35.5 Å². The van der Waals surface area contributed by atoms with E-state index in [4.69, 9.17) is 18.9 Å². The first-order valence-corrected chi connectivity index (χ1v) is 21.1. The smallest absolute Gasteiger partial charge is 0.332 e. The summed E-state index contributed by atoms with van der Waals surface area (Å²) in [6.45, 7) is 6.48. The molecule has 0 saturated heterocycles. The van der Waals surface area contributed by atoms with Crippen molar-refractivity contribution in [2.45, 2.75) is 72.5 Å². The molecule has 1 heterocycles. The minimum atomic E-state index is -2.70. The predicted octanol–water partition coefficient (Wildman–Crippen LogP) is 10.4. The summed E-state index contributed by atoms with van der Waals surface area (Å²) < 4.78 is 25.6.